The van der Waals surface area contributed by atoms with E-state index in [4.69, 9.17) is 4.74 Å². The number of hydrogen-bond acceptors (Lipinski definition) is 3. The Kier molecular flexibility index (Phi) is 6.55. The van der Waals surface area contributed by atoms with E-state index in [-0.39, 0.29) is 5.69 Å². The van der Waals surface area contributed by atoms with Gasteiger partial charge in [0.2, 0.25) is 0 Å². The molecule has 142 valence electrons. The molecule has 0 unspecified atom stereocenters. The molecule has 3 aromatic carbocycles. The van der Waals surface area contributed by atoms with Gasteiger partial charge in [-0.25, -0.2) is 4.39 Å². The lowest BCUT2D eigenvalue weighted by Gasteiger charge is -2.17. The fourth-order valence-electron chi connectivity index (χ4n) is 2.75. The highest BCUT2D eigenvalue weighted by Crippen LogP contribution is 2.26. The molecule has 0 bridgehead atoms. The molecule has 0 saturated heterocycles. The van der Waals surface area contributed by atoms with Crippen LogP contribution < -0.4 is 5.32 Å². The Balaban J connectivity index is 1.69. The summed E-state index contributed by atoms with van der Waals surface area (Å²) in [6.45, 7) is -0.509. The van der Waals surface area contributed by atoms with Gasteiger partial charge in [-0.15, -0.1) is 0 Å². The van der Waals surface area contributed by atoms with Crippen LogP contribution in [0.5, 0.6) is 0 Å². The van der Waals surface area contributed by atoms with Crippen molar-refractivity contribution in [3.05, 3.63) is 100 Å². The summed E-state index contributed by atoms with van der Waals surface area (Å²) in [6.07, 6.45) is 0. The lowest BCUT2D eigenvalue weighted by atomic mass is 9.91. The number of ether oxygens (including phenoxy) is 1. The predicted molar refractivity (Wildman–Crippen MR) is 108 cm³/mol. The summed E-state index contributed by atoms with van der Waals surface area (Å²) >= 11 is 3.15. The van der Waals surface area contributed by atoms with Crippen LogP contribution in [0.3, 0.4) is 0 Å². The van der Waals surface area contributed by atoms with E-state index in [0.29, 0.717) is 4.47 Å². The summed E-state index contributed by atoms with van der Waals surface area (Å²) < 4.78 is 19.6. The van der Waals surface area contributed by atoms with Crippen LogP contribution >= 0.6 is 15.9 Å². The third-order valence-electron chi connectivity index (χ3n) is 4.05. The molecule has 0 aliphatic rings. The molecule has 0 aromatic heterocycles. The van der Waals surface area contributed by atoms with Crippen LogP contribution in [-0.4, -0.2) is 18.5 Å². The van der Waals surface area contributed by atoms with Crippen LogP contribution in [0.2, 0.25) is 0 Å². The first kappa shape index (κ1) is 19.8. The average molecular weight is 442 g/mol. The summed E-state index contributed by atoms with van der Waals surface area (Å²) in [5.74, 6) is -2.40. The fourth-order valence-corrected chi connectivity index (χ4v) is 3.09. The Labute approximate surface area is 170 Å². The van der Waals surface area contributed by atoms with E-state index >= 15 is 0 Å². The Morgan fingerprint density at radius 1 is 0.929 bits per heavy atom. The van der Waals surface area contributed by atoms with Crippen LogP contribution in [-0.2, 0) is 14.3 Å². The average Bonchev–Trinajstić information content (AvgIpc) is 2.70. The minimum Gasteiger partial charge on any atom is -0.455 e. The molecule has 3 aromatic rings. The lowest BCUT2D eigenvalue weighted by Crippen LogP contribution is -2.24. The van der Waals surface area contributed by atoms with Gasteiger partial charge in [-0.3, -0.25) is 9.59 Å². The molecule has 0 radical (unpaired) electrons. The number of carbonyl (C=O) groups is 2. The second kappa shape index (κ2) is 9.28. The molecule has 0 spiro atoms. The number of esters is 1. The number of hydrogen-bond donors (Lipinski definition) is 1. The molecule has 0 saturated carbocycles. The summed E-state index contributed by atoms with van der Waals surface area (Å²) in [4.78, 5) is 24.8. The van der Waals surface area contributed by atoms with Gasteiger partial charge >= 0.3 is 5.97 Å². The second-order valence-corrected chi connectivity index (χ2v) is 6.95. The molecule has 28 heavy (non-hydrogen) atoms. The molecular formula is C22H17BrFNO3. The maximum absolute atomic E-state index is 13.8. The van der Waals surface area contributed by atoms with E-state index < -0.39 is 30.2 Å². The van der Waals surface area contributed by atoms with E-state index in [9.17, 15) is 14.0 Å². The van der Waals surface area contributed by atoms with Gasteiger partial charge in [-0.05, 0) is 29.3 Å². The molecule has 4 nitrogen and oxygen atoms in total. The molecule has 0 aliphatic carbocycles. The maximum atomic E-state index is 13.8. The third-order valence-corrected chi connectivity index (χ3v) is 4.55. The molecule has 1 amide bonds. The van der Waals surface area contributed by atoms with E-state index in [1.807, 2.05) is 60.7 Å². The highest BCUT2D eigenvalue weighted by Gasteiger charge is 2.24. The molecule has 0 fully saturated rings. The Bertz CT molecular complexity index is 925. The van der Waals surface area contributed by atoms with Crippen molar-refractivity contribution in [3.63, 3.8) is 0 Å². The van der Waals surface area contributed by atoms with Crippen LogP contribution in [0.15, 0.2) is 83.3 Å². The maximum Gasteiger partial charge on any atom is 0.318 e. The van der Waals surface area contributed by atoms with Crippen LogP contribution in [0, 0.1) is 5.82 Å². The van der Waals surface area contributed by atoms with Crippen LogP contribution in [0.25, 0.3) is 0 Å². The standard InChI is InChI=1S/C22H17BrFNO3/c23-17-11-12-19(18(24)13-17)25-20(26)14-28-22(27)21(15-7-3-1-4-8-15)16-9-5-2-6-10-16/h1-13,21H,14H2,(H,25,26). The number of anilines is 1. The van der Waals surface area contributed by atoms with Gasteiger partial charge in [0.1, 0.15) is 11.7 Å². The summed E-state index contributed by atoms with van der Waals surface area (Å²) in [5, 5.41) is 2.40. The third kappa shape index (κ3) is 5.04. The predicted octanol–water partition coefficient (Wildman–Crippen LogP) is 4.90. The van der Waals surface area contributed by atoms with Crippen molar-refractivity contribution in [2.75, 3.05) is 11.9 Å². The Morgan fingerprint density at radius 3 is 2.04 bits per heavy atom. The number of rotatable bonds is 6. The topological polar surface area (TPSA) is 55.4 Å². The zero-order chi connectivity index (χ0) is 19.9. The van der Waals surface area contributed by atoms with E-state index in [2.05, 4.69) is 21.2 Å². The summed E-state index contributed by atoms with van der Waals surface area (Å²) in [5.41, 5.74) is 1.54. The zero-order valence-corrected chi connectivity index (χ0v) is 16.4. The largest absolute Gasteiger partial charge is 0.455 e. The van der Waals surface area contributed by atoms with Gasteiger partial charge in [-0.2, -0.15) is 0 Å². The Hall–Kier alpha value is -2.99. The van der Waals surface area contributed by atoms with E-state index in [0.717, 1.165) is 11.1 Å². The van der Waals surface area contributed by atoms with Gasteiger partial charge in [-0.1, -0.05) is 76.6 Å². The minimum atomic E-state index is -0.653. The van der Waals surface area contributed by atoms with Crippen molar-refractivity contribution >= 4 is 33.5 Å². The van der Waals surface area contributed by atoms with Gasteiger partial charge in [0.25, 0.3) is 5.91 Å². The van der Waals surface area contributed by atoms with Crippen molar-refractivity contribution in [1.29, 1.82) is 0 Å². The molecular weight excluding hydrogens is 425 g/mol. The first-order valence-electron chi connectivity index (χ1n) is 8.56. The quantitative estimate of drug-likeness (QED) is 0.553. The normalized spacial score (nSPS) is 10.5. The second-order valence-electron chi connectivity index (χ2n) is 6.03. The molecule has 0 atom stereocenters. The lowest BCUT2D eigenvalue weighted by molar-refractivity contribution is -0.147. The molecule has 3 rings (SSSR count). The first-order valence-corrected chi connectivity index (χ1v) is 9.35. The first-order chi connectivity index (χ1) is 13.5. The van der Waals surface area contributed by atoms with Crippen molar-refractivity contribution < 1.29 is 18.7 Å². The van der Waals surface area contributed by atoms with Gasteiger partial charge in [0.15, 0.2) is 6.61 Å². The zero-order valence-electron chi connectivity index (χ0n) is 14.8. The number of benzene rings is 3. The highest BCUT2D eigenvalue weighted by atomic mass is 79.9. The molecule has 0 aliphatic heterocycles. The SMILES string of the molecule is O=C(COC(=O)C(c1ccccc1)c1ccccc1)Nc1ccc(Br)cc1F. The summed E-state index contributed by atoms with van der Waals surface area (Å²) in [7, 11) is 0. The molecule has 6 heteroatoms. The molecule has 0 heterocycles. The number of nitrogens with one attached hydrogen (secondary N) is 1. The number of amides is 1. The van der Waals surface area contributed by atoms with Gasteiger partial charge in [0, 0.05) is 4.47 Å². The van der Waals surface area contributed by atoms with Crippen LogP contribution in [0.4, 0.5) is 10.1 Å². The smallest absolute Gasteiger partial charge is 0.318 e. The molecule has 1 N–H and O–H groups in total. The van der Waals surface area contributed by atoms with Gasteiger partial charge in [0.05, 0.1) is 5.69 Å². The minimum absolute atomic E-state index is 0.0203. The number of halogens is 2. The van der Waals surface area contributed by atoms with Crippen LogP contribution in [0.1, 0.15) is 17.0 Å². The Morgan fingerprint density at radius 2 is 1.50 bits per heavy atom. The van der Waals surface area contributed by atoms with E-state index in [1.165, 1.54) is 12.1 Å². The monoisotopic (exact) mass is 441 g/mol. The van der Waals surface area contributed by atoms with E-state index in [1.54, 1.807) is 6.07 Å². The number of carbonyl (C=O) groups excluding carboxylic acids is 2. The van der Waals surface area contributed by atoms with Crippen molar-refractivity contribution in [2.24, 2.45) is 0 Å². The highest BCUT2D eigenvalue weighted by molar-refractivity contribution is 9.10. The van der Waals surface area contributed by atoms with Crippen molar-refractivity contribution in [3.8, 4) is 0 Å². The van der Waals surface area contributed by atoms with Gasteiger partial charge < -0.3 is 10.1 Å². The van der Waals surface area contributed by atoms with Crippen molar-refractivity contribution in [1.82, 2.24) is 0 Å². The summed E-state index contributed by atoms with van der Waals surface area (Å²) in [6, 6.07) is 22.6. The fraction of sp³-hybridized carbons (Fsp3) is 0.0909. The van der Waals surface area contributed by atoms with Crippen molar-refractivity contribution in [2.45, 2.75) is 5.92 Å².